The number of benzene rings is 1. The van der Waals surface area contributed by atoms with Crippen molar-refractivity contribution in [2.75, 3.05) is 52.4 Å². The number of aryl methyl sites for hydroxylation is 1. The molecular weight excluding hydrogens is 506 g/mol. The Balaban J connectivity index is 1.41. The van der Waals surface area contributed by atoms with Crippen molar-refractivity contribution >= 4 is 39.7 Å². The number of nitrogens with one attached hydrogen (secondary N) is 1. The highest BCUT2D eigenvalue weighted by molar-refractivity contribution is 7.18. The van der Waals surface area contributed by atoms with Gasteiger partial charge in [0.2, 0.25) is 0 Å². The molecular formula is C27H32ClN7OS. The molecule has 0 radical (unpaired) electrons. The minimum Gasteiger partial charge on any atom is -0.335 e. The Morgan fingerprint density at radius 1 is 1.16 bits per heavy atom. The predicted octanol–water partition coefficient (Wildman–Crippen LogP) is 4.81. The third-order valence-corrected chi connectivity index (χ3v) is 8.70. The first-order valence-electron chi connectivity index (χ1n) is 12.8. The number of amides is 1. The average Bonchev–Trinajstić information content (AvgIpc) is 3.57. The Hall–Kier alpha value is -2.85. The Morgan fingerprint density at radius 2 is 1.95 bits per heavy atom. The van der Waals surface area contributed by atoms with E-state index < -0.39 is 0 Å². The normalized spacial score (nSPS) is 14.7. The van der Waals surface area contributed by atoms with E-state index in [-0.39, 0.29) is 5.91 Å². The van der Waals surface area contributed by atoms with Gasteiger partial charge in [0.1, 0.15) is 16.4 Å². The highest BCUT2D eigenvalue weighted by Gasteiger charge is 2.29. The first-order chi connectivity index (χ1) is 18.0. The standard InChI is InChI=1S/C27H32ClN7OS/c1-4-33(5-2)11-12-34-13-15-35(16-14-34)27(36)24-25(19-7-6-10-29-17-19)37-26(30-24)23-20-8-9-21(28)18(3)22(20)31-32-23/h6-10,17H,4-5,11-16H2,1-3H3,(H,31,32). The lowest BCUT2D eigenvalue weighted by atomic mass is 10.1. The van der Waals surface area contributed by atoms with Crippen LogP contribution in [0.15, 0.2) is 36.7 Å². The second-order valence-corrected chi connectivity index (χ2v) is 10.7. The van der Waals surface area contributed by atoms with Gasteiger partial charge in [-0.05, 0) is 43.8 Å². The van der Waals surface area contributed by atoms with E-state index in [1.54, 1.807) is 12.4 Å². The van der Waals surface area contributed by atoms with Gasteiger partial charge in [-0.3, -0.25) is 19.8 Å². The van der Waals surface area contributed by atoms with Gasteiger partial charge in [-0.15, -0.1) is 11.3 Å². The Bertz CT molecular complexity index is 1370. The SMILES string of the molecule is CCN(CC)CCN1CCN(C(=O)c2nc(-c3n[nH]c4c(C)c(Cl)ccc34)sc2-c2cccnc2)CC1. The number of thiazole rings is 1. The largest absolute Gasteiger partial charge is 0.335 e. The van der Waals surface area contributed by atoms with Gasteiger partial charge in [0, 0.05) is 67.6 Å². The van der Waals surface area contributed by atoms with Crippen LogP contribution in [0.5, 0.6) is 0 Å². The lowest BCUT2D eigenvalue weighted by Crippen LogP contribution is -2.50. The van der Waals surface area contributed by atoms with Crippen LogP contribution in [0, 0.1) is 6.92 Å². The molecule has 0 atom stereocenters. The summed E-state index contributed by atoms with van der Waals surface area (Å²) < 4.78 is 0. The van der Waals surface area contributed by atoms with E-state index >= 15 is 0 Å². The fraction of sp³-hybridized carbons (Fsp3) is 0.407. The number of halogens is 1. The quantitative estimate of drug-likeness (QED) is 0.347. The minimum atomic E-state index is -0.0381. The highest BCUT2D eigenvalue weighted by atomic mass is 35.5. The molecule has 4 aromatic rings. The number of aromatic amines is 1. The number of fused-ring (bicyclic) bond motifs is 1. The molecule has 194 valence electrons. The number of aromatic nitrogens is 4. The van der Waals surface area contributed by atoms with Crippen molar-refractivity contribution in [3.05, 3.63) is 52.9 Å². The number of pyridine rings is 1. The first-order valence-corrected chi connectivity index (χ1v) is 14.0. The third kappa shape index (κ3) is 5.27. The van der Waals surface area contributed by atoms with Crippen LogP contribution in [0.25, 0.3) is 32.0 Å². The van der Waals surface area contributed by atoms with Crippen LogP contribution in [0.2, 0.25) is 5.02 Å². The smallest absolute Gasteiger partial charge is 0.274 e. The molecule has 0 aliphatic carbocycles. The Morgan fingerprint density at radius 3 is 2.65 bits per heavy atom. The lowest BCUT2D eigenvalue weighted by Gasteiger charge is -2.35. The molecule has 8 nitrogen and oxygen atoms in total. The Labute approximate surface area is 226 Å². The van der Waals surface area contributed by atoms with Crippen LogP contribution in [0.1, 0.15) is 29.9 Å². The molecule has 37 heavy (non-hydrogen) atoms. The van der Waals surface area contributed by atoms with Gasteiger partial charge in [-0.2, -0.15) is 5.10 Å². The van der Waals surface area contributed by atoms with Gasteiger partial charge >= 0.3 is 0 Å². The second-order valence-electron chi connectivity index (χ2n) is 9.27. The van der Waals surface area contributed by atoms with Gasteiger partial charge < -0.3 is 9.80 Å². The minimum absolute atomic E-state index is 0.0381. The van der Waals surface area contributed by atoms with Crippen LogP contribution in [0.4, 0.5) is 0 Å². The molecule has 1 aliphatic rings. The summed E-state index contributed by atoms with van der Waals surface area (Å²) >= 11 is 7.79. The van der Waals surface area contributed by atoms with Crippen molar-refractivity contribution in [1.82, 2.24) is 34.9 Å². The van der Waals surface area contributed by atoms with Crippen LogP contribution in [-0.4, -0.2) is 93.1 Å². The number of hydrogen-bond acceptors (Lipinski definition) is 7. The molecule has 0 unspecified atom stereocenters. The van der Waals surface area contributed by atoms with E-state index in [1.807, 2.05) is 36.1 Å². The number of likely N-dealkylation sites (N-methyl/N-ethyl adjacent to an activating group) is 1. The first kappa shape index (κ1) is 25.8. The molecule has 1 aliphatic heterocycles. The van der Waals surface area contributed by atoms with Gasteiger partial charge in [-0.1, -0.05) is 31.5 Å². The topological polar surface area (TPSA) is 81.2 Å². The summed E-state index contributed by atoms with van der Waals surface area (Å²) in [5, 5.41) is 9.99. The van der Waals surface area contributed by atoms with Crippen molar-refractivity contribution in [2.45, 2.75) is 20.8 Å². The molecule has 0 spiro atoms. The summed E-state index contributed by atoms with van der Waals surface area (Å²) in [6.07, 6.45) is 3.52. The fourth-order valence-electron chi connectivity index (χ4n) is 4.77. The van der Waals surface area contributed by atoms with E-state index in [1.165, 1.54) is 11.3 Å². The highest BCUT2D eigenvalue weighted by Crippen LogP contribution is 2.38. The Kier molecular flexibility index (Phi) is 7.85. The molecule has 1 N–H and O–H groups in total. The molecule has 1 aromatic carbocycles. The summed E-state index contributed by atoms with van der Waals surface area (Å²) in [5.41, 5.74) is 3.90. The summed E-state index contributed by atoms with van der Waals surface area (Å²) in [6, 6.07) is 7.68. The zero-order valence-corrected chi connectivity index (χ0v) is 23.1. The number of H-pyrrole nitrogens is 1. The van der Waals surface area contributed by atoms with Crippen LogP contribution < -0.4 is 0 Å². The van der Waals surface area contributed by atoms with Crippen LogP contribution in [0.3, 0.4) is 0 Å². The van der Waals surface area contributed by atoms with E-state index in [2.05, 4.69) is 38.8 Å². The molecule has 10 heteroatoms. The second kappa shape index (κ2) is 11.3. The van der Waals surface area contributed by atoms with Crippen LogP contribution in [-0.2, 0) is 0 Å². The molecule has 1 saturated heterocycles. The van der Waals surface area contributed by atoms with E-state index in [0.29, 0.717) is 28.8 Å². The molecule has 4 heterocycles. The number of carbonyl (C=O) groups is 1. The summed E-state index contributed by atoms with van der Waals surface area (Å²) in [5.74, 6) is -0.0381. The maximum Gasteiger partial charge on any atom is 0.274 e. The molecule has 3 aromatic heterocycles. The number of rotatable bonds is 8. The van der Waals surface area contributed by atoms with Crippen molar-refractivity contribution in [1.29, 1.82) is 0 Å². The zero-order chi connectivity index (χ0) is 25.9. The molecule has 0 bridgehead atoms. The summed E-state index contributed by atoms with van der Waals surface area (Å²) in [4.78, 5) is 30.6. The number of hydrogen-bond donors (Lipinski definition) is 1. The number of carbonyl (C=O) groups excluding carboxylic acids is 1. The molecule has 1 fully saturated rings. The fourth-order valence-corrected chi connectivity index (χ4v) is 5.98. The van der Waals surface area contributed by atoms with Crippen molar-refractivity contribution < 1.29 is 4.79 Å². The molecule has 5 rings (SSSR count). The predicted molar refractivity (Wildman–Crippen MR) is 150 cm³/mol. The van der Waals surface area contributed by atoms with Gasteiger partial charge in [0.25, 0.3) is 5.91 Å². The van der Waals surface area contributed by atoms with E-state index in [0.717, 1.165) is 71.9 Å². The van der Waals surface area contributed by atoms with Crippen LogP contribution >= 0.6 is 22.9 Å². The van der Waals surface area contributed by atoms with E-state index in [9.17, 15) is 4.79 Å². The van der Waals surface area contributed by atoms with Crippen molar-refractivity contribution in [3.63, 3.8) is 0 Å². The monoisotopic (exact) mass is 537 g/mol. The van der Waals surface area contributed by atoms with Gasteiger partial charge in [0.15, 0.2) is 0 Å². The lowest BCUT2D eigenvalue weighted by molar-refractivity contribution is 0.0620. The van der Waals surface area contributed by atoms with Crippen molar-refractivity contribution in [3.8, 4) is 21.1 Å². The van der Waals surface area contributed by atoms with Gasteiger partial charge in [0.05, 0.1) is 10.4 Å². The van der Waals surface area contributed by atoms with Crippen molar-refractivity contribution in [2.24, 2.45) is 0 Å². The summed E-state index contributed by atoms with van der Waals surface area (Å²) in [6.45, 7) is 13.7. The average molecular weight is 538 g/mol. The van der Waals surface area contributed by atoms with Gasteiger partial charge in [-0.25, -0.2) is 4.98 Å². The molecule has 1 amide bonds. The third-order valence-electron chi connectivity index (χ3n) is 7.18. The van der Waals surface area contributed by atoms with E-state index in [4.69, 9.17) is 16.6 Å². The molecule has 0 saturated carbocycles. The zero-order valence-electron chi connectivity index (χ0n) is 21.5. The maximum atomic E-state index is 13.8. The number of nitrogens with zero attached hydrogens (tertiary/aromatic N) is 6. The number of piperazine rings is 1. The maximum absolute atomic E-state index is 13.8. The summed E-state index contributed by atoms with van der Waals surface area (Å²) in [7, 11) is 0.